The summed E-state index contributed by atoms with van der Waals surface area (Å²) >= 11 is 0. The molecule has 3 N–H and O–H groups in total. The standard InChI is InChI=1S/C11H14N4O3/c1-2-12-10-13-5-7(6-14-10)8(16)15-11(3-4-11)9(17)18/h5-6H,2-4H2,1H3,(H,15,16)(H,17,18)(H,12,13,14). The van der Waals surface area contributed by atoms with Crippen molar-refractivity contribution >= 4 is 17.8 Å². The maximum atomic E-state index is 11.8. The van der Waals surface area contributed by atoms with Crippen molar-refractivity contribution in [2.45, 2.75) is 25.3 Å². The number of carbonyl (C=O) groups is 2. The normalized spacial score (nSPS) is 15.8. The minimum atomic E-state index is -1.09. The van der Waals surface area contributed by atoms with Gasteiger partial charge in [0.1, 0.15) is 5.54 Å². The van der Waals surface area contributed by atoms with E-state index in [1.54, 1.807) is 0 Å². The lowest BCUT2D eigenvalue weighted by atomic mass is 10.2. The monoisotopic (exact) mass is 250 g/mol. The van der Waals surface area contributed by atoms with E-state index in [9.17, 15) is 9.59 Å². The smallest absolute Gasteiger partial charge is 0.329 e. The quantitative estimate of drug-likeness (QED) is 0.692. The van der Waals surface area contributed by atoms with E-state index < -0.39 is 17.4 Å². The molecule has 1 heterocycles. The highest BCUT2D eigenvalue weighted by molar-refractivity contribution is 5.98. The molecule has 0 atom stereocenters. The topological polar surface area (TPSA) is 104 Å². The fraction of sp³-hybridized carbons (Fsp3) is 0.455. The van der Waals surface area contributed by atoms with Gasteiger partial charge in [0.2, 0.25) is 5.95 Å². The predicted octanol–water partition coefficient (Wildman–Crippen LogP) is 0.255. The number of hydrogen-bond acceptors (Lipinski definition) is 5. The van der Waals surface area contributed by atoms with Crippen LogP contribution in [0.1, 0.15) is 30.1 Å². The zero-order valence-corrected chi connectivity index (χ0v) is 9.93. The summed E-state index contributed by atoms with van der Waals surface area (Å²) in [5.74, 6) is -1.02. The van der Waals surface area contributed by atoms with E-state index >= 15 is 0 Å². The van der Waals surface area contributed by atoms with Gasteiger partial charge in [-0.3, -0.25) is 4.79 Å². The van der Waals surface area contributed by atoms with E-state index in [0.717, 1.165) is 0 Å². The van der Waals surface area contributed by atoms with Crippen LogP contribution in [0, 0.1) is 0 Å². The molecule has 1 saturated carbocycles. The summed E-state index contributed by atoms with van der Waals surface area (Å²) in [6.07, 6.45) is 3.67. The van der Waals surface area contributed by atoms with Gasteiger partial charge in [0.05, 0.1) is 5.56 Å². The Hall–Kier alpha value is -2.18. The van der Waals surface area contributed by atoms with Crippen molar-refractivity contribution in [3.8, 4) is 0 Å². The molecule has 0 aromatic carbocycles. The molecule has 18 heavy (non-hydrogen) atoms. The van der Waals surface area contributed by atoms with Gasteiger partial charge in [-0.2, -0.15) is 0 Å². The van der Waals surface area contributed by atoms with Crippen molar-refractivity contribution in [2.75, 3.05) is 11.9 Å². The van der Waals surface area contributed by atoms with Crippen LogP contribution in [0.2, 0.25) is 0 Å². The summed E-state index contributed by atoms with van der Waals surface area (Å²) < 4.78 is 0. The Morgan fingerprint density at radius 1 is 1.39 bits per heavy atom. The fourth-order valence-corrected chi connectivity index (χ4v) is 1.50. The van der Waals surface area contributed by atoms with Crippen LogP contribution in [0.3, 0.4) is 0 Å². The van der Waals surface area contributed by atoms with E-state index in [0.29, 0.717) is 25.3 Å². The molecule has 1 aliphatic rings. The molecule has 7 heteroatoms. The Morgan fingerprint density at radius 2 is 2.00 bits per heavy atom. The third kappa shape index (κ3) is 2.39. The third-order valence-electron chi connectivity index (χ3n) is 2.76. The summed E-state index contributed by atoms with van der Waals surface area (Å²) in [6.45, 7) is 2.60. The van der Waals surface area contributed by atoms with Crippen LogP contribution in [0.4, 0.5) is 5.95 Å². The van der Waals surface area contributed by atoms with Gasteiger partial charge in [-0.15, -0.1) is 0 Å². The summed E-state index contributed by atoms with van der Waals surface area (Å²) in [6, 6.07) is 0. The second kappa shape index (κ2) is 4.59. The number of carboxylic acid groups (broad SMARTS) is 1. The van der Waals surface area contributed by atoms with Crippen LogP contribution < -0.4 is 10.6 Å². The van der Waals surface area contributed by atoms with Crippen LogP contribution >= 0.6 is 0 Å². The first-order valence-corrected chi connectivity index (χ1v) is 5.69. The molecule has 1 aliphatic carbocycles. The van der Waals surface area contributed by atoms with Gasteiger partial charge < -0.3 is 15.7 Å². The predicted molar refractivity (Wildman–Crippen MR) is 63.3 cm³/mol. The maximum Gasteiger partial charge on any atom is 0.329 e. The molecular weight excluding hydrogens is 236 g/mol. The van der Waals surface area contributed by atoms with Gasteiger partial charge in [-0.1, -0.05) is 0 Å². The summed E-state index contributed by atoms with van der Waals surface area (Å²) in [7, 11) is 0. The molecule has 1 fully saturated rings. The average molecular weight is 250 g/mol. The van der Waals surface area contributed by atoms with Gasteiger partial charge in [0, 0.05) is 18.9 Å². The number of aromatic nitrogens is 2. The zero-order valence-electron chi connectivity index (χ0n) is 9.93. The summed E-state index contributed by atoms with van der Waals surface area (Å²) in [5, 5.41) is 14.4. The molecular formula is C11H14N4O3. The molecule has 1 aromatic heterocycles. The zero-order chi connectivity index (χ0) is 13.2. The van der Waals surface area contributed by atoms with Gasteiger partial charge in [-0.25, -0.2) is 14.8 Å². The number of carboxylic acids is 1. The lowest BCUT2D eigenvalue weighted by molar-refractivity contribution is -0.140. The van der Waals surface area contributed by atoms with Crippen molar-refractivity contribution < 1.29 is 14.7 Å². The Kier molecular flexibility index (Phi) is 3.14. The van der Waals surface area contributed by atoms with Gasteiger partial charge >= 0.3 is 5.97 Å². The Bertz CT molecular complexity index is 468. The Balaban J connectivity index is 2.03. The highest BCUT2D eigenvalue weighted by atomic mass is 16.4. The number of nitrogens with one attached hydrogen (secondary N) is 2. The highest BCUT2D eigenvalue weighted by Gasteiger charge is 2.51. The minimum Gasteiger partial charge on any atom is -0.480 e. The number of hydrogen-bond donors (Lipinski definition) is 3. The Morgan fingerprint density at radius 3 is 2.44 bits per heavy atom. The van der Waals surface area contributed by atoms with Crippen molar-refractivity contribution in [1.29, 1.82) is 0 Å². The van der Waals surface area contributed by atoms with Crippen LogP contribution in [-0.4, -0.2) is 39.0 Å². The molecule has 0 saturated heterocycles. The summed E-state index contributed by atoms with van der Waals surface area (Å²) in [4.78, 5) is 30.6. The summed E-state index contributed by atoms with van der Waals surface area (Å²) in [5.41, 5.74) is -0.832. The number of anilines is 1. The first-order chi connectivity index (χ1) is 8.57. The van der Waals surface area contributed by atoms with Gasteiger partial charge in [-0.05, 0) is 19.8 Å². The van der Waals surface area contributed by atoms with Crippen molar-refractivity contribution in [3.63, 3.8) is 0 Å². The molecule has 0 bridgehead atoms. The molecule has 0 radical (unpaired) electrons. The van der Waals surface area contributed by atoms with Gasteiger partial charge in [0.25, 0.3) is 5.91 Å². The third-order valence-corrected chi connectivity index (χ3v) is 2.76. The number of aliphatic carboxylic acids is 1. The van der Waals surface area contributed by atoms with Crippen molar-refractivity contribution in [2.24, 2.45) is 0 Å². The average Bonchev–Trinajstić information content (AvgIpc) is 3.11. The van der Waals surface area contributed by atoms with Crippen LogP contribution in [0.5, 0.6) is 0 Å². The van der Waals surface area contributed by atoms with Crippen LogP contribution in [-0.2, 0) is 4.79 Å². The first kappa shape index (κ1) is 12.3. The lowest BCUT2D eigenvalue weighted by Gasteiger charge is -2.12. The first-order valence-electron chi connectivity index (χ1n) is 5.69. The largest absolute Gasteiger partial charge is 0.480 e. The number of amides is 1. The van der Waals surface area contributed by atoms with E-state index in [1.807, 2.05) is 6.92 Å². The molecule has 2 rings (SSSR count). The minimum absolute atomic E-state index is 0.254. The van der Waals surface area contributed by atoms with Gasteiger partial charge in [0.15, 0.2) is 0 Å². The molecule has 0 unspecified atom stereocenters. The maximum absolute atomic E-state index is 11.8. The molecule has 0 aliphatic heterocycles. The van der Waals surface area contributed by atoms with Crippen LogP contribution in [0.15, 0.2) is 12.4 Å². The second-order valence-corrected chi connectivity index (χ2v) is 4.17. The molecule has 7 nitrogen and oxygen atoms in total. The van der Waals surface area contributed by atoms with Crippen LogP contribution in [0.25, 0.3) is 0 Å². The van der Waals surface area contributed by atoms with E-state index in [1.165, 1.54) is 12.4 Å². The SMILES string of the molecule is CCNc1ncc(C(=O)NC2(C(=O)O)CC2)cn1. The fourth-order valence-electron chi connectivity index (χ4n) is 1.50. The van der Waals surface area contributed by atoms with E-state index in [-0.39, 0.29) is 5.56 Å². The second-order valence-electron chi connectivity index (χ2n) is 4.17. The van der Waals surface area contributed by atoms with E-state index in [4.69, 9.17) is 5.11 Å². The molecule has 1 amide bonds. The number of nitrogens with zero attached hydrogens (tertiary/aromatic N) is 2. The number of rotatable bonds is 5. The molecule has 0 spiro atoms. The molecule has 96 valence electrons. The highest BCUT2D eigenvalue weighted by Crippen LogP contribution is 2.35. The number of carbonyl (C=O) groups excluding carboxylic acids is 1. The molecule has 1 aromatic rings. The Labute approximate surface area is 104 Å². The van der Waals surface area contributed by atoms with Crippen molar-refractivity contribution in [3.05, 3.63) is 18.0 Å². The van der Waals surface area contributed by atoms with Crippen molar-refractivity contribution in [1.82, 2.24) is 15.3 Å². The lowest BCUT2D eigenvalue weighted by Crippen LogP contribution is -2.43. The van der Waals surface area contributed by atoms with E-state index in [2.05, 4.69) is 20.6 Å².